The van der Waals surface area contributed by atoms with Crippen LogP contribution < -0.4 is 5.32 Å². The molecule has 18 heavy (non-hydrogen) atoms. The van der Waals surface area contributed by atoms with Gasteiger partial charge in [-0.25, -0.2) is 0 Å². The van der Waals surface area contributed by atoms with E-state index in [-0.39, 0.29) is 0 Å². The summed E-state index contributed by atoms with van der Waals surface area (Å²) in [6.45, 7) is 4.37. The van der Waals surface area contributed by atoms with E-state index in [2.05, 4.69) is 29.6 Å². The first kappa shape index (κ1) is 13.5. The summed E-state index contributed by atoms with van der Waals surface area (Å²) < 4.78 is 10.5. The van der Waals surface area contributed by atoms with E-state index >= 15 is 0 Å². The maximum Gasteiger partial charge on any atom is 0.0590 e. The Morgan fingerprint density at radius 1 is 1.22 bits per heavy atom. The molecule has 100 valence electrons. The molecule has 3 heteroatoms. The second kappa shape index (κ2) is 7.52. The molecule has 0 fully saturated rings. The number of benzene rings is 1. The van der Waals surface area contributed by atoms with Crippen molar-refractivity contribution < 1.29 is 9.47 Å². The fourth-order valence-corrected chi connectivity index (χ4v) is 2.37. The SMILES string of the molecule is COCCCOCCNCC1Cc2ccccc21. The zero-order valence-corrected chi connectivity index (χ0v) is 11.2. The van der Waals surface area contributed by atoms with Gasteiger partial charge in [0.1, 0.15) is 0 Å². The van der Waals surface area contributed by atoms with Crippen LogP contribution >= 0.6 is 0 Å². The summed E-state index contributed by atoms with van der Waals surface area (Å²) in [4.78, 5) is 0. The fraction of sp³-hybridized carbons (Fsp3) is 0.600. The summed E-state index contributed by atoms with van der Waals surface area (Å²) >= 11 is 0. The van der Waals surface area contributed by atoms with E-state index in [1.54, 1.807) is 7.11 Å². The minimum absolute atomic E-state index is 0.703. The number of hydrogen-bond acceptors (Lipinski definition) is 3. The van der Waals surface area contributed by atoms with E-state index < -0.39 is 0 Å². The number of nitrogens with one attached hydrogen (secondary N) is 1. The number of ether oxygens (including phenoxy) is 2. The predicted octanol–water partition coefficient (Wildman–Crippen LogP) is 1.97. The van der Waals surface area contributed by atoms with Crippen LogP contribution in [0.25, 0.3) is 0 Å². The summed E-state index contributed by atoms with van der Waals surface area (Å²) in [5.74, 6) is 0.703. The summed E-state index contributed by atoms with van der Waals surface area (Å²) in [7, 11) is 1.72. The standard InChI is InChI=1S/C15H23NO2/c1-17-8-4-9-18-10-7-16-12-14-11-13-5-2-3-6-15(13)14/h2-3,5-6,14,16H,4,7-12H2,1H3. The Kier molecular flexibility index (Phi) is 5.65. The highest BCUT2D eigenvalue weighted by Crippen LogP contribution is 2.33. The topological polar surface area (TPSA) is 30.5 Å². The van der Waals surface area contributed by atoms with Gasteiger partial charge in [-0.1, -0.05) is 24.3 Å². The predicted molar refractivity (Wildman–Crippen MR) is 73.1 cm³/mol. The molecule has 1 aliphatic rings. The molecule has 0 spiro atoms. The van der Waals surface area contributed by atoms with Crippen LogP contribution in [0, 0.1) is 0 Å². The Morgan fingerprint density at radius 3 is 2.94 bits per heavy atom. The molecule has 0 heterocycles. The number of fused-ring (bicyclic) bond motifs is 1. The molecular weight excluding hydrogens is 226 g/mol. The minimum Gasteiger partial charge on any atom is -0.385 e. The molecule has 1 N–H and O–H groups in total. The van der Waals surface area contributed by atoms with Crippen LogP contribution in [-0.2, 0) is 15.9 Å². The third-order valence-electron chi connectivity index (χ3n) is 3.41. The summed E-state index contributed by atoms with van der Waals surface area (Å²) in [6, 6.07) is 8.72. The summed E-state index contributed by atoms with van der Waals surface area (Å²) in [6.07, 6.45) is 2.20. The number of hydrogen-bond donors (Lipinski definition) is 1. The highest BCUT2D eigenvalue weighted by atomic mass is 16.5. The van der Waals surface area contributed by atoms with Crippen LogP contribution in [0.2, 0.25) is 0 Å². The lowest BCUT2D eigenvalue weighted by Crippen LogP contribution is -2.31. The van der Waals surface area contributed by atoms with Crippen molar-refractivity contribution in [2.75, 3.05) is 40.0 Å². The summed E-state index contributed by atoms with van der Waals surface area (Å²) in [5.41, 5.74) is 3.03. The van der Waals surface area contributed by atoms with Crippen LogP contribution in [0.15, 0.2) is 24.3 Å². The van der Waals surface area contributed by atoms with Gasteiger partial charge in [0.25, 0.3) is 0 Å². The molecule has 1 unspecified atom stereocenters. The maximum absolute atomic E-state index is 5.50. The lowest BCUT2D eigenvalue weighted by Gasteiger charge is -2.30. The monoisotopic (exact) mass is 249 g/mol. The third-order valence-corrected chi connectivity index (χ3v) is 3.41. The molecular formula is C15H23NO2. The van der Waals surface area contributed by atoms with Crippen molar-refractivity contribution in [1.29, 1.82) is 0 Å². The zero-order chi connectivity index (χ0) is 12.6. The first-order valence-electron chi connectivity index (χ1n) is 6.77. The second-order valence-electron chi connectivity index (χ2n) is 4.76. The quantitative estimate of drug-likeness (QED) is 0.679. The van der Waals surface area contributed by atoms with Gasteiger partial charge in [-0.2, -0.15) is 0 Å². The fourth-order valence-electron chi connectivity index (χ4n) is 2.37. The van der Waals surface area contributed by atoms with Gasteiger partial charge in [0.15, 0.2) is 0 Å². The molecule has 0 aliphatic heterocycles. The highest BCUT2D eigenvalue weighted by Gasteiger charge is 2.24. The first-order chi connectivity index (χ1) is 8.92. The van der Waals surface area contributed by atoms with Crippen LogP contribution in [0.3, 0.4) is 0 Å². The Hall–Kier alpha value is -0.900. The average Bonchev–Trinajstić information content (AvgIpc) is 2.37. The maximum atomic E-state index is 5.50. The van der Waals surface area contributed by atoms with Crippen LogP contribution in [0.5, 0.6) is 0 Å². The number of methoxy groups -OCH3 is 1. The molecule has 3 nitrogen and oxygen atoms in total. The molecule has 1 aromatic carbocycles. The normalized spacial score (nSPS) is 17.3. The Morgan fingerprint density at radius 2 is 2.11 bits per heavy atom. The Labute approximate surface area is 109 Å². The Balaban J connectivity index is 1.48. The lowest BCUT2D eigenvalue weighted by molar-refractivity contribution is 0.104. The van der Waals surface area contributed by atoms with E-state index in [4.69, 9.17) is 9.47 Å². The van der Waals surface area contributed by atoms with Gasteiger partial charge < -0.3 is 14.8 Å². The van der Waals surface area contributed by atoms with Crippen molar-refractivity contribution in [2.24, 2.45) is 0 Å². The molecule has 1 atom stereocenters. The van der Waals surface area contributed by atoms with Crippen molar-refractivity contribution in [3.05, 3.63) is 35.4 Å². The van der Waals surface area contributed by atoms with Crippen molar-refractivity contribution in [2.45, 2.75) is 18.8 Å². The van der Waals surface area contributed by atoms with Crippen molar-refractivity contribution in [3.63, 3.8) is 0 Å². The number of rotatable bonds is 9. The van der Waals surface area contributed by atoms with E-state index in [0.717, 1.165) is 39.3 Å². The van der Waals surface area contributed by atoms with Crippen molar-refractivity contribution in [1.82, 2.24) is 5.32 Å². The third kappa shape index (κ3) is 3.80. The lowest BCUT2D eigenvalue weighted by atomic mass is 9.78. The van der Waals surface area contributed by atoms with E-state index in [0.29, 0.717) is 5.92 Å². The molecule has 0 saturated heterocycles. The molecule has 0 aromatic heterocycles. The van der Waals surface area contributed by atoms with Gasteiger partial charge in [0.2, 0.25) is 0 Å². The van der Waals surface area contributed by atoms with E-state index in [9.17, 15) is 0 Å². The van der Waals surface area contributed by atoms with Gasteiger partial charge >= 0.3 is 0 Å². The molecule has 0 radical (unpaired) electrons. The highest BCUT2D eigenvalue weighted by molar-refractivity contribution is 5.40. The molecule has 1 aliphatic carbocycles. The van der Waals surface area contributed by atoms with Crippen LogP contribution in [0.1, 0.15) is 23.5 Å². The van der Waals surface area contributed by atoms with Gasteiger partial charge in [0, 0.05) is 39.3 Å². The molecule has 0 saturated carbocycles. The minimum atomic E-state index is 0.703. The first-order valence-corrected chi connectivity index (χ1v) is 6.77. The van der Waals surface area contributed by atoms with Gasteiger partial charge in [0.05, 0.1) is 6.61 Å². The van der Waals surface area contributed by atoms with Gasteiger partial charge in [-0.05, 0) is 24.0 Å². The van der Waals surface area contributed by atoms with E-state index in [1.807, 2.05) is 0 Å². The molecule has 1 aromatic rings. The summed E-state index contributed by atoms with van der Waals surface area (Å²) in [5, 5.41) is 3.46. The van der Waals surface area contributed by atoms with E-state index in [1.165, 1.54) is 17.5 Å². The van der Waals surface area contributed by atoms with Crippen LogP contribution in [-0.4, -0.2) is 40.0 Å². The van der Waals surface area contributed by atoms with Gasteiger partial charge in [-0.3, -0.25) is 0 Å². The molecule has 0 bridgehead atoms. The Bertz CT molecular complexity index is 354. The molecule has 2 rings (SSSR count). The second-order valence-corrected chi connectivity index (χ2v) is 4.76. The zero-order valence-electron chi connectivity index (χ0n) is 11.2. The average molecular weight is 249 g/mol. The largest absolute Gasteiger partial charge is 0.385 e. The van der Waals surface area contributed by atoms with Crippen LogP contribution in [0.4, 0.5) is 0 Å². The molecule has 0 amide bonds. The van der Waals surface area contributed by atoms with Gasteiger partial charge in [-0.15, -0.1) is 0 Å². The van der Waals surface area contributed by atoms with Crippen molar-refractivity contribution >= 4 is 0 Å². The van der Waals surface area contributed by atoms with Crippen molar-refractivity contribution in [3.8, 4) is 0 Å². The smallest absolute Gasteiger partial charge is 0.0590 e.